The molecule has 0 unspecified atom stereocenters. The topological polar surface area (TPSA) is 39.1 Å². The number of benzene rings is 7. The molecule has 1 heterocycles. The minimum Gasteiger partial charge on any atom is -0.375 e. The molecule has 1 atom stereocenters. The van der Waals surface area contributed by atoms with E-state index in [2.05, 4.69) is 222 Å². The molecule has 0 spiro atoms. The van der Waals surface area contributed by atoms with Crippen molar-refractivity contribution in [2.45, 2.75) is 30.1 Å². The summed E-state index contributed by atoms with van der Waals surface area (Å²) in [5.41, 5.74) is 7.74. The molecule has 0 saturated carbocycles. The zero-order valence-electron chi connectivity index (χ0n) is 30.9. The lowest BCUT2D eigenvalue weighted by Gasteiger charge is -2.40. The Bertz CT molecular complexity index is 2140. The summed E-state index contributed by atoms with van der Waals surface area (Å²) < 4.78 is 8.89. The number of nitrogens with zero attached hydrogens (tertiary/aromatic N) is 2. The molecule has 8 rings (SSSR count). The number of nitrogens with one attached hydrogen (secondary N) is 1. The highest BCUT2D eigenvalue weighted by Crippen LogP contribution is 2.41. The number of hydrogen-bond acceptors (Lipinski definition) is 3. The van der Waals surface area contributed by atoms with Crippen LogP contribution in [0.15, 0.2) is 225 Å². The number of hydrogen-bond donors (Lipinski definition) is 1. The van der Waals surface area contributed by atoms with Crippen LogP contribution in [0.2, 0.25) is 0 Å². The molecule has 55 heavy (non-hydrogen) atoms. The van der Waals surface area contributed by atoms with Crippen molar-refractivity contribution < 1.29 is 4.74 Å². The van der Waals surface area contributed by atoms with Crippen LogP contribution in [0.4, 0.5) is 0 Å². The van der Waals surface area contributed by atoms with Crippen molar-refractivity contribution in [1.82, 2.24) is 14.9 Å². The van der Waals surface area contributed by atoms with Gasteiger partial charge in [0.25, 0.3) is 0 Å². The normalized spacial score (nSPS) is 12.3. The average molecular weight is 716 g/mol. The van der Waals surface area contributed by atoms with Crippen LogP contribution in [-0.4, -0.2) is 22.2 Å². The SMILES string of the molecule is c1ccc(COC[C@H](Cc2cn(C(c3ccccc3)(c3ccccc3)c3ccccc3)cn2)NC(c2ccccc2)(c2ccccc2)c2ccccc2)cc1. The maximum absolute atomic E-state index is 6.59. The van der Waals surface area contributed by atoms with Gasteiger partial charge in [-0.05, 0) is 38.9 Å². The Morgan fingerprint density at radius 3 is 1.24 bits per heavy atom. The summed E-state index contributed by atoms with van der Waals surface area (Å²) in [4.78, 5) is 5.18. The summed E-state index contributed by atoms with van der Waals surface area (Å²) in [6.07, 6.45) is 4.86. The van der Waals surface area contributed by atoms with Gasteiger partial charge in [-0.1, -0.05) is 212 Å². The van der Waals surface area contributed by atoms with Gasteiger partial charge in [-0.2, -0.15) is 0 Å². The lowest BCUT2D eigenvalue weighted by molar-refractivity contribution is 0.0920. The molecular weight excluding hydrogens is 671 g/mol. The van der Waals surface area contributed by atoms with E-state index < -0.39 is 11.1 Å². The van der Waals surface area contributed by atoms with E-state index in [0.29, 0.717) is 19.6 Å². The molecule has 1 N–H and O–H groups in total. The third-order valence-electron chi connectivity index (χ3n) is 10.5. The van der Waals surface area contributed by atoms with Crippen LogP contribution in [0.1, 0.15) is 44.6 Å². The van der Waals surface area contributed by atoms with Crippen molar-refractivity contribution in [2.75, 3.05) is 6.61 Å². The van der Waals surface area contributed by atoms with Crippen LogP contribution in [0.25, 0.3) is 0 Å². The fourth-order valence-corrected chi connectivity index (χ4v) is 8.06. The largest absolute Gasteiger partial charge is 0.375 e. The Balaban J connectivity index is 1.24. The average Bonchev–Trinajstić information content (AvgIpc) is 3.74. The van der Waals surface area contributed by atoms with Crippen LogP contribution in [0, 0.1) is 0 Å². The first-order valence-electron chi connectivity index (χ1n) is 19.0. The smallest absolute Gasteiger partial charge is 0.121 e. The first-order chi connectivity index (χ1) is 27.3. The molecule has 0 fully saturated rings. The van der Waals surface area contributed by atoms with Gasteiger partial charge in [0, 0.05) is 18.7 Å². The highest BCUT2D eigenvalue weighted by molar-refractivity contribution is 5.52. The molecule has 0 saturated heterocycles. The van der Waals surface area contributed by atoms with Crippen molar-refractivity contribution in [1.29, 1.82) is 0 Å². The molecule has 0 aliphatic heterocycles. The number of ether oxygens (including phenoxy) is 1. The van der Waals surface area contributed by atoms with Gasteiger partial charge < -0.3 is 9.30 Å². The van der Waals surface area contributed by atoms with Crippen LogP contribution in [0.5, 0.6) is 0 Å². The monoisotopic (exact) mass is 715 g/mol. The van der Waals surface area contributed by atoms with Crippen molar-refractivity contribution >= 4 is 0 Å². The Morgan fingerprint density at radius 1 is 0.473 bits per heavy atom. The number of rotatable bonds is 15. The zero-order valence-corrected chi connectivity index (χ0v) is 30.9. The fourth-order valence-electron chi connectivity index (χ4n) is 8.06. The van der Waals surface area contributed by atoms with Crippen LogP contribution < -0.4 is 5.32 Å². The molecule has 0 aliphatic rings. The van der Waals surface area contributed by atoms with E-state index >= 15 is 0 Å². The van der Waals surface area contributed by atoms with Crippen LogP contribution in [-0.2, 0) is 28.8 Å². The highest BCUT2D eigenvalue weighted by atomic mass is 16.5. The molecule has 0 amide bonds. The van der Waals surface area contributed by atoms with Gasteiger partial charge in [-0.25, -0.2) is 4.98 Å². The van der Waals surface area contributed by atoms with Gasteiger partial charge in [0.1, 0.15) is 5.54 Å². The van der Waals surface area contributed by atoms with E-state index in [0.717, 1.165) is 44.6 Å². The van der Waals surface area contributed by atoms with Crippen LogP contribution in [0.3, 0.4) is 0 Å². The Hall–Kier alpha value is -6.33. The third-order valence-corrected chi connectivity index (χ3v) is 10.5. The molecule has 4 heteroatoms. The minimum absolute atomic E-state index is 0.132. The van der Waals surface area contributed by atoms with Gasteiger partial charge >= 0.3 is 0 Å². The van der Waals surface area contributed by atoms with Gasteiger partial charge in [0.2, 0.25) is 0 Å². The van der Waals surface area contributed by atoms with E-state index in [-0.39, 0.29) is 6.04 Å². The standard InChI is InChI=1S/C51H45N3O/c1-8-22-41(23-9-1)38-55-39-49(53-50(42-24-10-2-11-25-42,43-26-12-3-13-27-43)44-28-14-4-15-29-44)36-48-37-54(40-52-48)51(45-30-16-5-17-31-45,46-32-18-6-19-33-46)47-34-20-7-21-35-47/h1-35,37,40,49,53H,36,38-39H2/t49-/m0/s1. The zero-order chi connectivity index (χ0) is 37.2. The molecule has 0 bridgehead atoms. The molecule has 0 aliphatic carbocycles. The summed E-state index contributed by atoms with van der Waals surface area (Å²) in [5.74, 6) is 0. The molecule has 270 valence electrons. The van der Waals surface area contributed by atoms with Crippen molar-refractivity contribution in [3.63, 3.8) is 0 Å². The summed E-state index contributed by atoms with van der Waals surface area (Å²) in [7, 11) is 0. The van der Waals surface area contributed by atoms with E-state index in [4.69, 9.17) is 9.72 Å². The lowest BCUT2D eigenvalue weighted by Crippen LogP contribution is -2.52. The quantitative estimate of drug-likeness (QED) is 0.107. The van der Waals surface area contributed by atoms with E-state index in [9.17, 15) is 0 Å². The molecule has 1 aromatic heterocycles. The second-order valence-corrected chi connectivity index (χ2v) is 14.0. The number of aromatic nitrogens is 2. The molecule has 4 nitrogen and oxygen atoms in total. The minimum atomic E-state index is -0.672. The lowest BCUT2D eigenvalue weighted by atomic mass is 9.76. The second-order valence-electron chi connectivity index (χ2n) is 14.0. The first-order valence-corrected chi connectivity index (χ1v) is 19.0. The van der Waals surface area contributed by atoms with E-state index in [1.54, 1.807) is 0 Å². The second kappa shape index (κ2) is 16.8. The Kier molecular flexibility index (Phi) is 10.9. The fraction of sp³-hybridized carbons (Fsp3) is 0.118. The van der Waals surface area contributed by atoms with Gasteiger partial charge in [0.15, 0.2) is 0 Å². The number of imidazole rings is 1. The van der Waals surface area contributed by atoms with E-state index in [1.807, 2.05) is 12.4 Å². The predicted molar refractivity (Wildman–Crippen MR) is 223 cm³/mol. The van der Waals surface area contributed by atoms with Gasteiger partial charge in [-0.15, -0.1) is 0 Å². The van der Waals surface area contributed by atoms with Gasteiger partial charge in [-0.3, -0.25) is 5.32 Å². The molecule has 0 radical (unpaired) electrons. The summed E-state index contributed by atoms with van der Waals surface area (Å²) in [5, 5.41) is 4.22. The third kappa shape index (κ3) is 7.43. The van der Waals surface area contributed by atoms with Crippen LogP contribution >= 0.6 is 0 Å². The maximum atomic E-state index is 6.59. The summed E-state index contributed by atoms with van der Waals surface area (Å²) in [6.45, 7) is 0.985. The highest BCUT2D eigenvalue weighted by Gasteiger charge is 2.40. The molecule has 8 aromatic rings. The van der Waals surface area contributed by atoms with Crippen molar-refractivity contribution in [3.05, 3.63) is 269 Å². The summed E-state index contributed by atoms with van der Waals surface area (Å²) >= 11 is 0. The first kappa shape index (κ1) is 35.7. The van der Waals surface area contributed by atoms with E-state index in [1.165, 1.54) is 0 Å². The molecule has 7 aromatic carbocycles. The Morgan fingerprint density at radius 2 is 0.836 bits per heavy atom. The predicted octanol–water partition coefficient (Wildman–Crippen LogP) is 10.4. The maximum Gasteiger partial charge on any atom is 0.121 e. The Labute approximate surface area is 324 Å². The summed E-state index contributed by atoms with van der Waals surface area (Å²) in [6, 6.07) is 74.8. The van der Waals surface area contributed by atoms with Crippen molar-refractivity contribution in [3.8, 4) is 0 Å². The van der Waals surface area contributed by atoms with Crippen molar-refractivity contribution in [2.24, 2.45) is 0 Å². The van der Waals surface area contributed by atoms with Gasteiger partial charge in [0.05, 0.1) is 30.8 Å². The molecular formula is C51H45N3O.